The lowest BCUT2D eigenvalue weighted by atomic mass is 9.44. The minimum Gasteiger partial charge on any atom is -0.393 e. The minimum absolute atomic E-state index is 0.0483. The highest BCUT2D eigenvalue weighted by Gasteiger charge is 2.77. The Morgan fingerprint density at radius 2 is 1.88 bits per heavy atom. The van der Waals surface area contributed by atoms with E-state index in [9.17, 15) is 30.0 Å². The van der Waals surface area contributed by atoms with Crippen molar-refractivity contribution < 1.29 is 39.5 Å². The fraction of sp³-hybridized carbons (Fsp3) is 0.833. The van der Waals surface area contributed by atoms with E-state index in [4.69, 9.17) is 9.47 Å². The smallest absolute Gasteiger partial charge is 0.193 e. The van der Waals surface area contributed by atoms with Gasteiger partial charge in [-0.15, -0.1) is 0 Å². The molecule has 0 aromatic rings. The fourth-order valence-electron chi connectivity index (χ4n) is 8.47. The quantitative estimate of drug-likeness (QED) is 0.478. The zero-order valence-electron chi connectivity index (χ0n) is 19.1. The summed E-state index contributed by atoms with van der Waals surface area (Å²) in [4.78, 5) is 25.4. The molecule has 4 aliphatic carbocycles. The predicted octanol–water partition coefficient (Wildman–Crippen LogP) is 0.492. The van der Waals surface area contributed by atoms with Gasteiger partial charge < -0.3 is 29.9 Å². The van der Waals surface area contributed by atoms with E-state index in [-0.39, 0.29) is 24.2 Å². The van der Waals surface area contributed by atoms with Gasteiger partial charge in [0.15, 0.2) is 23.0 Å². The van der Waals surface area contributed by atoms with E-state index in [1.54, 1.807) is 13.8 Å². The summed E-state index contributed by atoms with van der Waals surface area (Å²) in [6.45, 7) is 6.64. The van der Waals surface area contributed by atoms with E-state index in [0.717, 1.165) is 5.57 Å². The highest BCUT2D eigenvalue weighted by atomic mass is 16.8. The third kappa shape index (κ3) is 2.49. The molecule has 8 heteroatoms. The Morgan fingerprint density at radius 3 is 2.53 bits per heavy atom. The second-order valence-electron chi connectivity index (χ2n) is 11.4. The molecule has 0 bridgehead atoms. The summed E-state index contributed by atoms with van der Waals surface area (Å²) >= 11 is 0. The highest BCUT2D eigenvalue weighted by Crippen LogP contribution is 2.70. The van der Waals surface area contributed by atoms with Crippen molar-refractivity contribution in [3.8, 4) is 0 Å². The van der Waals surface area contributed by atoms with Gasteiger partial charge in [0.25, 0.3) is 0 Å². The maximum absolute atomic E-state index is 13.2. The van der Waals surface area contributed by atoms with Gasteiger partial charge in [-0.1, -0.05) is 19.4 Å². The van der Waals surface area contributed by atoms with Crippen molar-refractivity contribution in [2.24, 2.45) is 28.6 Å². The molecule has 8 nitrogen and oxygen atoms in total. The van der Waals surface area contributed by atoms with Crippen LogP contribution in [0.4, 0.5) is 0 Å². The predicted molar refractivity (Wildman–Crippen MR) is 111 cm³/mol. The molecule has 5 aliphatic rings. The van der Waals surface area contributed by atoms with Crippen LogP contribution in [0.5, 0.6) is 0 Å². The zero-order chi connectivity index (χ0) is 23.4. The summed E-state index contributed by atoms with van der Waals surface area (Å²) in [5, 5.41) is 42.8. The third-order valence-corrected chi connectivity index (χ3v) is 9.66. The summed E-state index contributed by atoms with van der Waals surface area (Å²) in [7, 11) is 0. The Labute approximate surface area is 187 Å². The third-order valence-electron chi connectivity index (χ3n) is 9.66. The van der Waals surface area contributed by atoms with Crippen LogP contribution in [-0.4, -0.2) is 74.4 Å². The van der Waals surface area contributed by atoms with Gasteiger partial charge in [-0.2, -0.15) is 0 Å². The molecule has 0 aromatic heterocycles. The molecule has 0 radical (unpaired) electrons. The first-order chi connectivity index (χ1) is 14.8. The highest BCUT2D eigenvalue weighted by molar-refractivity contribution is 5.96. The molecule has 5 rings (SSSR count). The molecule has 1 aliphatic heterocycles. The first-order valence-corrected chi connectivity index (χ1v) is 11.6. The van der Waals surface area contributed by atoms with Gasteiger partial charge >= 0.3 is 0 Å². The van der Waals surface area contributed by atoms with Crippen LogP contribution in [0.1, 0.15) is 53.4 Å². The molecule has 1 heterocycles. The van der Waals surface area contributed by atoms with E-state index in [1.165, 1.54) is 6.08 Å². The Hall–Kier alpha value is -1.16. The monoisotopic (exact) mass is 450 g/mol. The van der Waals surface area contributed by atoms with Crippen LogP contribution in [0, 0.1) is 28.6 Å². The molecule has 3 saturated carbocycles. The summed E-state index contributed by atoms with van der Waals surface area (Å²) in [6, 6.07) is 0. The molecule has 10 atom stereocenters. The van der Waals surface area contributed by atoms with E-state index in [1.807, 2.05) is 13.8 Å². The van der Waals surface area contributed by atoms with Crippen LogP contribution >= 0.6 is 0 Å². The Kier molecular flexibility index (Phi) is 4.74. The van der Waals surface area contributed by atoms with Gasteiger partial charge in [-0.3, -0.25) is 9.59 Å². The maximum Gasteiger partial charge on any atom is 0.193 e. The van der Waals surface area contributed by atoms with E-state index < -0.39 is 64.8 Å². The van der Waals surface area contributed by atoms with E-state index >= 15 is 0 Å². The summed E-state index contributed by atoms with van der Waals surface area (Å²) in [5.41, 5.74) is -2.28. The first-order valence-electron chi connectivity index (χ1n) is 11.6. The Morgan fingerprint density at radius 1 is 1.19 bits per heavy atom. The molecule has 0 amide bonds. The second kappa shape index (κ2) is 6.71. The number of hydrogen-bond donors (Lipinski definition) is 4. The summed E-state index contributed by atoms with van der Waals surface area (Å²) in [5.74, 6) is -2.40. The molecule has 4 N–H and O–H groups in total. The second-order valence-corrected chi connectivity index (χ2v) is 11.4. The van der Waals surface area contributed by atoms with Crippen molar-refractivity contribution in [3.05, 3.63) is 11.6 Å². The van der Waals surface area contributed by atoms with Gasteiger partial charge in [-0.25, -0.2) is 0 Å². The van der Waals surface area contributed by atoms with Crippen LogP contribution in [-0.2, 0) is 19.1 Å². The number of carbonyl (C=O) groups excluding carboxylic acids is 2. The first kappa shape index (κ1) is 22.6. The van der Waals surface area contributed by atoms with Gasteiger partial charge in [0.05, 0.1) is 18.3 Å². The molecule has 0 unspecified atom stereocenters. The molecule has 0 aromatic carbocycles. The van der Waals surface area contributed by atoms with Crippen molar-refractivity contribution >= 4 is 11.6 Å². The largest absolute Gasteiger partial charge is 0.393 e. The standard InChI is InChI=1S/C24H34O8/c1-21(2)31-17-8-13-12-6-5-11-7-14(26)19(29)20(30)23(11,4)18(12)15(27)9-22(13,3)24(17,32-21)16(28)10-25/h7,12-13,15,17-20,25,27,29-30H,5-6,8-10H2,1-4H3/t12-,13-,15-,17+,18+,19-,20-,22-,23-,24+/m0/s1. The van der Waals surface area contributed by atoms with Crippen LogP contribution < -0.4 is 0 Å². The van der Waals surface area contributed by atoms with Crippen LogP contribution in [0.2, 0.25) is 0 Å². The molecule has 0 spiro atoms. The SMILES string of the molecule is CC1(C)O[C@@H]2C[C@H]3[C@@H]4CCC5=CC(=O)[C@H](O)[C@H](O)[C@]5(C)[C@H]4[C@@H](O)C[C@]3(C)[C@]2(C(=O)CO)O1. The van der Waals surface area contributed by atoms with Gasteiger partial charge in [-0.05, 0) is 63.4 Å². The lowest BCUT2D eigenvalue weighted by Gasteiger charge is -2.61. The number of ether oxygens (including phenoxy) is 2. The van der Waals surface area contributed by atoms with Crippen LogP contribution in [0.3, 0.4) is 0 Å². The lowest BCUT2D eigenvalue weighted by Crippen LogP contribution is -2.66. The number of fused-ring (bicyclic) bond motifs is 7. The average molecular weight is 451 g/mol. The van der Waals surface area contributed by atoms with Crippen molar-refractivity contribution in [3.63, 3.8) is 0 Å². The van der Waals surface area contributed by atoms with Crippen LogP contribution in [0.15, 0.2) is 11.6 Å². The van der Waals surface area contributed by atoms with Crippen molar-refractivity contribution in [2.45, 2.75) is 89.2 Å². The van der Waals surface area contributed by atoms with E-state index in [2.05, 4.69) is 0 Å². The normalized spacial score (nSPS) is 53.7. The van der Waals surface area contributed by atoms with E-state index in [0.29, 0.717) is 19.3 Å². The maximum atomic E-state index is 13.2. The lowest BCUT2D eigenvalue weighted by molar-refractivity contribution is -0.233. The zero-order valence-corrected chi connectivity index (χ0v) is 19.1. The van der Waals surface area contributed by atoms with Gasteiger partial charge in [0.2, 0.25) is 0 Å². The molecule has 32 heavy (non-hydrogen) atoms. The van der Waals surface area contributed by atoms with Crippen molar-refractivity contribution in [2.75, 3.05) is 6.61 Å². The number of aliphatic hydroxyl groups is 4. The molecule has 4 fully saturated rings. The number of aliphatic hydroxyl groups excluding tert-OH is 4. The molecule has 178 valence electrons. The van der Waals surface area contributed by atoms with Crippen molar-refractivity contribution in [1.29, 1.82) is 0 Å². The van der Waals surface area contributed by atoms with Gasteiger partial charge in [0.1, 0.15) is 12.7 Å². The number of Topliss-reactive ketones (excluding diaryl/α,β-unsaturated/α-hetero) is 1. The molecular weight excluding hydrogens is 416 g/mol. The molecular formula is C24H34O8. The Bertz CT molecular complexity index is 896. The number of carbonyl (C=O) groups is 2. The van der Waals surface area contributed by atoms with Crippen molar-refractivity contribution in [1.82, 2.24) is 0 Å². The fourth-order valence-corrected chi connectivity index (χ4v) is 8.47. The number of ketones is 2. The minimum atomic E-state index is -1.51. The Balaban J connectivity index is 1.60. The number of rotatable bonds is 2. The summed E-state index contributed by atoms with van der Waals surface area (Å²) in [6.07, 6.45) is -0.742. The topological polar surface area (TPSA) is 134 Å². The summed E-state index contributed by atoms with van der Waals surface area (Å²) < 4.78 is 12.5. The van der Waals surface area contributed by atoms with Crippen LogP contribution in [0.25, 0.3) is 0 Å². The average Bonchev–Trinajstić information content (AvgIpc) is 3.12. The number of hydrogen-bond acceptors (Lipinski definition) is 8. The molecule has 1 saturated heterocycles. The van der Waals surface area contributed by atoms with Gasteiger partial charge in [0, 0.05) is 10.8 Å².